The second kappa shape index (κ2) is 6.63. The van der Waals surface area contributed by atoms with Crippen LogP contribution in [0.2, 0.25) is 0 Å². The molecule has 2 aromatic rings. The van der Waals surface area contributed by atoms with Crippen molar-refractivity contribution < 1.29 is 9.53 Å². The molecular weight excluding hydrogens is 352 g/mol. The predicted octanol–water partition coefficient (Wildman–Crippen LogP) is 2.71. The lowest BCUT2D eigenvalue weighted by Gasteiger charge is -2.49. The number of piperidine rings is 1. The standard InChI is InChI=1S/C22H24N4O2/c1-25-10-6-18-20(24-15-23-18)22(25)8-11-26(12-9-22)21(27)17-7-13-28-19-5-3-2-4-16(19)14-17/h2-5,7,13-15H,6,8-12H2,1H3,(H,23,24). The first-order valence-electron chi connectivity index (χ1n) is 9.84. The molecule has 0 saturated carbocycles. The van der Waals surface area contributed by atoms with Gasteiger partial charge in [-0.1, -0.05) is 18.2 Å². The summed E-state index contributed by atoms with van der Waals surface area (Å²) in [7, 11) is 2.18. The first-order chi connectivity index (χ1) is 13.7. The molecule has 0 bridgehead atoms. The lowest BCUT2D eigenvalue weighted by molar-refractivity contribution is -0.129. The van der Waals surface area contributed by atoms with E-state index in [4.69, 9.17) is 4.74 Å². The van der Waals surface area contributed by atoms with E-state index >= 15 is 0 Å². The number of carbonyl (C=O) groups excluding carboxylic acids is 1. The molecule has 3 aliphatic heterocycles. The summed E-state index contributed by atoms with van der Waals surface area (Å²) in [6.45, 7) is 2.47. The van der Waals surface area contributed by atoms with Crippen molar-refractivity contribution in [3.8, 4) is 5.75 Å². The van der Waals surface area contributed by atoms with Crippen molar-refractivity contribution in [2.45, 2.75) is 24.8 Å². The van der Waals surface area contributed by atoms with Crippen LogP contribution < -0.4 is 4.74 Å². The van der Waals surface area contributed by atoms with Gasteiger partial charge in [-0.05, 0) is 38.1 Å². The van der Waals surface area contributed by atoms with Gasteiger partial charge in [-0.15, -0.1) is 0 Å². The number of hydrogen-bond donors (Lipinski definition) is 1. The predicted molar refractivity (Wildman–Crippen MR) is 107 cm³/mol. The number of H-pyrrole nitrogens is 1. The van der Waals surface area contributed by atoms with Crippen molar-refractivity contribution in [1.29, 1.82) is 0 Å². The van der Waals surface area contributed by atoms with E-state index in [1.54, 1.807) is 12.3 Å². The molecule has 3 aliphatic rings. The number of imidazole rings is 1. The molecule has 0 atom stereocenters. The van der Waals surface area contributed by atoms with Gasteiger partial charge in [-0.2, -0.15) is 0 Å². The Bertz CT molecular complexity index is 966. The van der Waals surface area contributed by atoms with Gasteiger partial charge in [0.05, 0.1) is 23.8 Å². The molecule has 1 aromatic heterocycles. The number of benzene rings is 1. The highest BCUT2D eigenvalue weighted by Gasteiger charge is 2.45. The number of likely N-dealkylation sites (tertiary alicyclic amines) is 1. The molecule has 0 unspecified atom stereocenters. The number of hydrogen-bond acceptors (Lipinski definition) is 4. The fourth-order valence-electron chi connectivity index (χ4n) is 4.70. The number of likely N-dealkylation sites (N-methyl/N-ethyl adjacent to an activating group) is 1. The summed E-state index contributed by atoms with van der Waals surface area (Å²) < 4.78 is 5.63. The summed E-state index contributed by atoms with van der Waals surface area (Å²) in [4.78, 5) is 25.5. The fraction of sp³-hybridized carbons (Fsp3) is 0.364. The Morgan fingerprint density at radius 1 is 1.21 bits per heavy atom. The van der Waals surface area contributed by atoms with Gasteiger partial charge in [0, 0.05) is 42.9 Å². The molecule has 1 saturated heterocycles. The average molecular weight is 376 g/mol. The van der Waals surface area contributed by atoms with Crippen LogP contribution in [0.3, 0.4) is 0 Å². The first-order valence-corrected chi connectivity index (χ1v) is 9.84. The maximum Gasteiger partial charge on any atom is 0.253 e. The zero-order valence-electron chi connectivity index (χ0n) is 16.0. The van der Waals surface area contributed by atoms with Crippen molar-refractivity contribution >= 4 is 12.0 Å². The van der Waals surface area contributed by atoms with E-state index in [-0.39, 0.29) is 11.4 Å². The van der Waals surface area contributed by atoms with Crippen LogP contribution in [-0.2, 0) is 16.8 Å². The number of aromatic nitrogens is 2. The zero-order valence-corrected chi connectivity index (χ0v) is 16.0. The summed E-state index contributed by atoms with van der Waals surface area (Å²) >= 11 is 0. The minimum absolute atomic E-state index is 0.0618. The van der Waals surface area contributed by atoms with E-state index in [1.165, 1.54) is 11.4 Å². The van der Waals surface area contributed by atoms with Gasteiger partial charge >= 0.3 is 0 Å². The van der Waals surface area contributed by atoms with Gasteiger partial charge < -0.3 is 14.6 Å². The number of fused-ring (bicyclic) bond motifs is 3. The van der Waals surface area contributed by atoms with Gasteiger partial charge in [-0.3, -0.25) is 9.69 Å². The minimum atomic E-state index is -0.0618. The molecule has 1 fully saturated rings. The minimum Gasteiger partial charge on any atom is -0.464 e. The molecule has 0 aliphatic carbocycles. The second-order valence-electron chi connectivity index (χ2n) is 7.78. The third-order valence-corrected chi connectivity index (χ3v) is 6.38. The Kier molecular flexibility index (Phi) is 4.09. The second-order valence-corrected chi connectivity index (χ2v) is 7.78. The lowest BCUT2D eigenvalue weighted by atomic mass is 9.79. The largest absolute Gasteiger partial charge is 0.464 e. The lowest BCUT2D eigenvalue weighted by Crippen LogP contribution is -2.55. The van der Waals surface area contributed by atoms with Gasteiger partial charge in [-0.25, -0.2) is 4.98 Å². The number of amides is 1. The summed E-state index contributed by atoms with van der Waals surface area (Å²) in [6, 6.07) is 7.77. The zero-order chi connectivity index (χ0) is 19.1. The van der Waals surface area contributed by atoms with Crippen LogP contribution in [0.4, 0.5) is 0 Å². The van der Waals surface area contributed by atoms with Crippen LogP contribution in [0, 0.1) is 0 Å². The highest BCUT2D eigenvalue weighted by molar-refractivity contribution is 6.01. The number of nitrogens with one attached hydrogen (secondary N) is 1. The summed E-state index contributed by atoms with van der Waals surface area (Å²) in [5, 5.41) is 0. The van der Waals surface area contributed by atoms with Crippen molar-refractivity contribution in [3.05, 3.63) is 65.5 Å². The maximum atomic E-state index is 13.2. The molecule has 0 radical (unpaired) electrons. The van der Waals surface area contributed by atoms with E-state index in [0.717, 1.165) is 50.2 Å². The molecule has 5 rings (SSSR count). The number of aromatic amines is 1. The third kappa shape index (κ3) is 2.67. The Morgan fingerprint density at radius 2 is 2.04 bits per heavy atom. The molecular formula is C22H24N4O2. The van der Waals surface area contributed by atoms with Crippen LogP contribution in [-0.4, -0.2) is 52.4 Å². The monoisotopic (exact) mass is 376 g/mol. The number of nitrogens with zero attached hydrogens (tertiary/aromatic N) is 3. The third-order valence-electron chi connectivity index (χ3n) is 6.38. The van der Waals surface area contributed by atoms with E-state index in [9.17, 15) is 4.79 Å². The van der Waals surface area contributed by atoms with Crippen LogP contribution in [0.15, 0.2) is 48.5 Å². The quantitative estimate of drug-likeness (QED) is 0.831. The van der Waals surface area contributed by atoms with Crippen LogP contribution in [0.25, 0.3) is 6.08 Å². The van der Waals surface area contributed by atoms with Gasteiger partial charge in [0.1, 0.15) is 5.75 Å². The van der Waals surface area contributed by atoms with E-state index in [2.05, 4.69) is 21.9 Å². The highest BCUT2D eigenvalue weighted by Crippen LogP contribution is 2.41. The van der Waals surface area contributed by atoms with Crippen LogP contribution in [0.5, 0.6) is 5.75 Å². The number of ether oxygens (including phenoxy) is 1. The topological polar surface area (TPSA) is 61.5 Å². The molecule has 6 nitrogen and oxygen atoms in total. The number of rotatable bonds is 1. The molecule has 1 N–H and O–H groups in total. The molecule has 144 valence electrons. The fourth-order valence-corrected chi connectivity index (χ4v) is 4.70. The molecule has 1 aromatic carbocycles. The van der Waals surface area contributed by atoms with Gasteiger partial charge in [0.25, 0.3) is 5.91 Å². The maximum absolute atomic E-state index is 13.2. The van der Waals surface area contributed by atoms with Crippen molar-refractivity contribution in [2.24, 2.45) is 0 Å². The van der Waals surface area contributed by atoms with Crippen molar-refractivity contribution in [3.63, 3.8) is 0 Å². The molecule has 1 amide bonds. The molecule has 28 heavy (non-hydrogen) atoms. The smallest absolute Gasteiger partial charge is 0.253 e. The Morgan fingerprint density at radius 3 is 2.89 bits per heavy atom. The summed E-state index contributed by atoms with van der Waals surface area (Å²) in [5.41, 5.74) is 3.95. The van der Waals surface area contributed by atoms with Gasteiger partial charge in [0.2, 0.25) is 0 Å². The first kappa shape index (κ1) is 17.3. The normalized spacial score (nSPS) is 20.8. The van der Waals surface area contributed by atoms with E-state index in [1.807, 2.05) is 41.6 Å². The highest BCUT2D eigenvalue weighted by atomic mass is 16.5. The Balaban J connectivity index is 1.37. The van der Waals surface area contributed by atoms with Crippen molar-refractivity contribution in [1.82, 2.24) is 19.8 Å². The van der Waals surface area contributed by atoms with E-state index < -0.39 is 0 Å². The molecule has 4 heterocycles. The summed E-state index contributed by atoms with van der Waals surface area (Å²) in [6.07, 6.45) is 9.91. The molecule has 1 spiro atoms. The van der Waals surface area contributed by atoms with Crippen LogP contribution in [0.1, 0.15) is 29.8 Å². The van der Waals surface area contributed by atoms with Crippen LogP contribution >= 0.6 is 0 Å². The molecule has 6 heteroatoms. The SMILES string of the molecule is CN1CCc2[nH]cnc2C12CCN(C(=O)C1=Cc3ccccc3OC=C1)CC2. The Hall–Kier alpha value is -2.86. The number of para-hydroxylation sites is 1. The summed E-state index contributed by atoms with van der Waals surface area (Å²) in [5.74, 6) is 0.834. The number of carbonyl (C=O) groups is 1. The van der Waals surface area contributed by atoms with Gasteiger partial charge in [0.15, 0.2) is 0 Å². The van der Waals surface area contributed by atoms with E-state index in [0.29, 0.717) is 5.57 Å². The Labute approximate surface area is 164 Å². The average Bonchev–Trinajstić information content (AvgIpc) is 3.11. The van der Waals surface area contributed by atoms with Crippen molar-refractivity contribution in [2.75, 3.05) is 26.7 Å².